The van der Waals surface area contributed by atoms with Crippen LogP contribution in [0.1, 0.15) is 95.0 Å². The van der Waals surface area contributed by atoms with Gasteiger partial charge in [0.05, 0.1) is 0 Å². The highest BCUT2D eigenvalue weighted by atomic mass is 32.2. The number of aromatic hydroxyl groups is 1. The second kappa shape index (κ2) is 24.3. The van der Waals surface area contributed by atoms with E-state index in [4.69, 9.17) is 9.26 Å². The molecule has 1 N–H and O–H groups in total. The third-order valence-corrected chi connectivity index (χ3v) is 7.12. The number of rotatable bonds is 11. The zero-order chi connectivity index (χ0) is 33.5. The lowest BCUT2D eigenvalue weighted by Crippen LogP contribution is -2.01. The zero-order valence-electron chi connectivity index (χ0n) is 28.9. The second-order valence-electron chi connectivity index (χ2n) is 10.4. The molecular weight excluding hydrogens is 583 g/mol. The van der Waals surface area contributed by atoms with Crippen LogP contribution >= 0.6 is 19.8 Å². The van der Waals surface area contributed by atoms with Crippen molar-refractivity contribution in [3.8, 4) is 17.2 Å². The highest BCUT2D eigenvalue weighted by Crippen LogP contribution is 2.31. The van der Waals surface area contributed by atoms with Crippen LogP contribution in [0.3, 0.4) is 0 Å². The molecule has 242 valence electrons. The van der Waals surface area contributed by atoms with E-state index in [1.54, 1.807) is 30.0 Å². The molecule has 3 aromatic rings. The average Bonchev–Trinajstić information content (AvgIpc) is 3.01. The number of phenolic OH excluding ortho intramolecular Hbond substituents is 1. The molecule has 4 nitrogen and oxygen atoms in total. The number of benzene rings is 3. The van der Waals surface area contributed by atoms with Gasteiger partial charge in [-0.3, -0.25) is 4.52 Å². The number of aryl methyl sites for hydroxylation is 2. The van der Waals surface area contributed by atoms with Crippen molar-refractivity contribution in [1.82, 2.24) is 0 Å². The third-order valence-electron chi connectivity index (χ3n) is 6.36. The topological polar surface area (TPSA) is 55.8 Å². The summed E-state index contributed by atoms with van der Waals surface area (Å²) in [4.78, 5) is 0. The minimum Gasteiger partial charge on any atom is -0.508 e. The molecule has 0 fully saturated rings. The molecule has 44 heavy (non-hydrogen) atoms. The fraction of sp³-hybridized carbons (Fsp3) is 0.421. The molecule has 0 saturated carbocycles. The summed E-state index contributed by atoms with van der Waals surface area (Å²) in [5.74, 6) is 1.86. The van der Waals surface area contributed by atoms with Gasteiger partial charge < -0.3 is 9.84 Å². The first-order valence-corrected chi connectivity index (χ1v) is 18.5. The normalized spacial score (nSPS) is 11.0. The number of hydrogen-bond acceptors (Lipinski definition) is 5. The molecule has 0 saturated heterocycles. The predicted molar refractivity (Wildman–Crippen MR) is 195 cm³/mol. The predicted octanol–water partition coefficient (Wildman–Crippen LogP) is 12.2. The summed E-state index contributed by atoms with van der Waals surface area (Å²) in [6, 6.07) is 18.8. The maximum atomic E-state index is 12.2. The second-order valence-corrected chi connectivity index (χ2v) is 12.3. The van der Waals surface area contributed by atoms with Crippen LogP contribution in [0, 0.1) is 13.8 Å². The summed E-state index contributed by atoms with van der Waals surface area (Å²) in [6.45, 7) is 18.7. The van der Waals surface area contributed by atoms with Gasteiger partial charge >= 0.3 is 14.4 Å². The minimum absolute atomic E-state index is 0.00182. The molecule has 0 aliphatic rings. The van der Waals surface area contributed by atoms with Crippen LogP contribution in [0.5, 0.6) is 17.2 Å². The van der Waals surface area contributed by atoms with Gasteiger partial charge in [-0.05, 0) is 121 Å². The molecule has 0 heterocycles. The summed E-state index contributed by atoms with van der Waals surface area (Å²) in [5.41, 5.74) is 7.03. The van der Waals surface area contributed by atoms with E-state index in [1.807, 2.05) is 62.8 Å². The van der Waals surface area contributed by atoms with Gasteiger partial charge in [0.25, 0.3) is 0 Å². The molecule has 0 amide bonds. The number of allylic oxidation sites excluding steroid dienone is 4. The Balaban J connectivity index is 0.00000111. The quantitative estimate of drug-likeness (QED) is 0.167. The molecule has 0 radical (unpaired) electrons. The lowest BCUT2D eigenvalue weighted by atomic mass is 9.93. The van der Waals surface area contributed by atoms with E-state index in [-0.39, 0.29) is 12.3 Å². The lowest BCUT2D eigenvalue weighted by molar-refractivity contribution is 0.362. The van der Waals surface area contributed by atoms with Crippen molar-refractivity contribution in [2.24, 2.45) is 0 Å². The Bertz CT molecular complexity index is 1260. The maximum absolute atomic E-state index is 12.2. The molecule has 6 heteroatoms. The fourth-order valence-electron chi connectivity index (χ4n) is 3.94. The van der Waals surface area contributed by atoms with Gasteiger partial charge in [-0.2, -0.15) is 11.8 Å². The van der Waals surface area contributed by atoms with E-state index in [2.05, 4.69) is 72.8 Å². The van der Waals surface area contributed by atoms with E-state index in [0.717, 1.165) is 41.5 Å². The van der Waals surface area contributed by atoms with Gasteiger partial charge in [0.1, 0.15) is 11.5 Å². The molecule has 0 aliphatic heterocycles. The standard InChI is InChI=1S/C25H27O4P.C9H16.C2H6S.C2H6/c1-17(2)23-14-20(10-11-25(23)26)15-24-18(3)12-22(13-19(24)4)28-16-30(27)29-21-8-6-5-7-9-21;1-4-6-7-8-9(3)5-2;1-3-2;1-2/h5-14,17H,15-16H2,1-4H3;6-8H,4-5H2,1-3H3;1-2H3;1-2H3/p+1/b;7-6-,9-8+;;. The van der Waals surface area contributed by atoms with Crippen LogP contribution in [0.2, 0.25) is 0 Å². The SMILES string of the molecule is CC.CC/C=C\C=C(/C)CC.CSC.Cc1cc(OC[P+](=O)Oc2ccccc2)cc(C)c1Cc1ccc(O)c(C(C)C)c1. The van der Waals surface area contributed by atoms with Crippen molar-refractivity contribution in [2.45, 2.75) is 87.5 Å². The molecule has 0 bridgehead atoms. The number of para-hydroxylation sites is 1. The molecule has 0 aliphatic carbocycles. The van der Waals surface area contributed by atoms with Crippen LogP contribution in [-0.4, -0.2) is 24.0 Å². The first-order chi connectivity index (χ1) is 21.1. The monoisotopic (exact) mass is 639 g/mol. The minimum atomic E-state index is -1.96. The summed E-state index contributed by atoms with van der Waals surface area (Å²) in [6.07, 6.45) is 13.6. The third kappa shape index (κ3) is 16.7. The van der Waals surface area contributed by atoms with Gasteiger partial charge in [0.15, 0.2) is 5.75 Å². The molecular formula is C38H56O4PS+. The molecule has 3 aromatic carbocycles. The number of ether oxygens (including phenoxy) is 1. The smallest absolute Gasteiger partial charge is 0.508 e. The summed E-state index contributed by atoms with van der Waals surface area (Å²) < 4.78 is 23.3. The fourth-order valence-corrected chi connectivity index (χ4v) is 4.60. The van der Waals surface area contributed by atoms with Gasteiger partial charge in [-0.25, -0.2) is 0 Å². The molecule has 1 atom stereocenters. The molecule has 3 rings (SSSR count). The van der Waals surface area contributed by atoms with Crippen molar-refractivity contribution in [2.75, 3.05) is 18.9 Å². The van der Waals surface area contributed by atoms with Crippen LogP contribution in [0.25, 0.3) is 0 Å². The van der Waals surface area contributed by atoms with Gasteiger partial charge in [0, 0.05) is 0 Å². The average molecular weight is 640 g/mol. The Labute approximate surface area is 273 Å². The van der Waals surface area contributed by atoms with Crippen molar-refractivity contribution in [3.05, 3.63) is 112 Å². The summed E-state index contributed by atoms with van der Waals surface area (Å²) in [5, 5.41) is 10.1. The van der Waals surface area contributed by atoms with E-state index >= 15 is 0 Å². The van der Waals surface area contributed by atoms with Gasteiger partial charge in [-0.1, -0.05) is 95.7 Å². The van der Waals surface area contributed by atoms with Crippen molar-refractivity contribution >= 4 is 19.8 Å². The van der Waals surface area contributed by atoms with Crippen molar-refractivity contribution in [3.63, 3.8) is 0 Å². The van der Waals surface area contributed by atoms with Crippen LogP contribution < -0.4 is 9.26 Å². The number of hydrogen-bond donors (Lipinski definition) is 1. The van der Waals surface area contributed by atoms with E-state index in [9.17, 15) is 9.67 Å². The Morgan fingerprint density at radius 3 is 2.07 bits per heavy atom. The number of phenols is 1. The van der Waals surface area contributed by atoms with Crippen molar-refractivity contribution in [1.29, 1.82) is 0 Å². The van der Waals surface area contributed by atoms with Gasteiger partial charge in [-0.15, -0.1) is 0 Å². The molecule has 0 spiro atoms. The number of thioether (sulfide) groups is 1. The Kier molecular flexibility index (Phi) is 22.7. The molecule has 1 unspecified atom stereocenters. The highest BCUT2D eigenvalue weighted by molar-refractivity contribution is 7.97. The van der Waals surface area contributed by atoms with Crippen molar-refractivity contribution < 1.29 is 18.9 Å². The molecule has 0 aromatic heterocycles. The Morgan fingerprint density at radius 1 is 0.955 bits per heavy atom. The largest absolute Gasteiger partial charge is 0.598 e. The Morgan fingerprint density at radius 2 is 1.55 bits per heavy atom. The first kappa shape index (κ1) is 41.0. The maximum Gasteiger partial charge on any atom is 0.598 e. The highest BCUT2D eigenvalue weighted by Gasteiger charge is 2.20. The Hall–Kier alpha value is -3.01. The summed E-state index contributed by atoms with van der Waals surface area (Å²) >= 11 is 1.75. The van der Waals surface area contributed by atoms with Crippen LogP contribution in [0.15, 0.2) is 84.5 Å². The van der Waals surface area contributed by atoms with Gasteiger partial charge in [0.2, 0.25) is 0 Å². The van der Waals surface area contributed by atoms with Crippen LogP contribution in [-0.2, 0) is 11.0 Å². The van der Waals surface area contributed by atoms with E-state index in [0.29, 0.717) is 17.2 Å². The first-order valence-electron chi connectivity index (χ1n) is 15.5. The van der Waals surface area contributed by atoms with E-state index < -0.39 is 8.03 Å². The lowest BCUT2D eigenvalue weighted by Gasteiger charge is -2.14. The van der Waals surface area contributed by atoms with Crippen LogP contribution in [0.4, 0.5) is 0 Å². The van der Waals surface area contributed by atoms with E-state index in [1.165, 1.54) is 11.1 Å². The summed E-state index contributed by atoms with van der Waals surface area (Å²) in [7, 11) is -1.96. The zero-order valence-corrected chi connectivity index (χ0v) is 30.6.